The van der Waals surface area contributed by atoms with Crippen molar-refractivity contribution >= 4 is 11.9 Å². The van der Waals surface area contributed by atoms with Crippen LogP contribution in [0.3, 0.4) is 0 Å². The van der Waals surface area contributed by atoms with Crippen LogP contribution in [-0.4, -0.2) is 17.9 Å². The lowest BCUT2D eigenvalue weighted by molar-refractivity contribution is -0.148. The Morgan fingerprint density at radius 3 is 2.13 bits per heavy atom. The third-order valence-electron chi connectivity index (χ3n) is 3.23. The van der Waals surface area contributed by atoms with Gasteiger partial charge in [0.05, 0.1) is 0 Å². The van der Waals surface area contributed by atoms with Crippen LogP contribution in [0.2, 0.25) is 0 Å². The van der Waals surface area contributed by atoms with Crippen molar-refractivity contribution in [3.05, 3.63) is 71.8 Å². The quantitative estimate of drug-likeness (QED) is 0.657. The molecule has 23 heavy (non-hydrogen) atoms. The smallest absolute Gasteiger partial charge is 0.329 e. The van der Waals surface area contributed by atoms with Crippen LogP contribution in [0.5, 0.6) is 0 Å². The first-order valence-corrected chi connectivity index (χ1v) is 7.20. The summed E-state index contributed by atoms with van der Waals surface area (Å²) >= 11 is 0. The van der Waals surface area contributed by atoms with E-state index in [1.807, 2.05) is 66.6 Å². The number of amides is 1. The molecule has 1 unspecified atom stereocenters. The number of hydrogen-bond acceptors (Lipinski definition) is 3. The number of esters is 1. The maximum Gasteiger partial charge on any atom is 0.329 e. The van der Waals surface area contributed by atoms with Gasteiger partial charge in [0, 0.05) is 6.42 Å². The zero-order chi connectivity index (χ0) is 16.5. The van der Waals surface area contributed by atoms with Crippen LogP contribution < -0.4 is 5.32 Å². The monoisotopic (exact) mass is 307 g/mol. The Bertz CT molecular complexity index is 690. The normalized spacial score (nSPS) is 11.1. The molecule has 0 aliphatic carbocycles. The van der Waals surface area contributed by atoms with Gasteiger partial charge in [0.1, 0.15) is 12.6 Å². The second kappa shape index (κ2) is 8.40. The van der Waals surface area contributed by atoms with Crippen LogP contribution in [-0.2, 0) is 27.4 Å². The number of nitrogens with one attached hydrogen (secondary N) is 1. The molecule has 0 spiro atoms. The number of carbonyl (C=O) groups excluding carboxylic acids is 2. The molecule has 2 rings (SSSR count). The minimum absolute atomic E-state index is 0.150. The Hall–Kier alpha value is -3.06. The molecular weight excluding hydrogens is 290 g/mol. The summed E-state index contributed by atoms with van der Waals surface area (Å²) in [6.07, 6.45) is 5.39. The van der Waals surface area contributed by atoms with E-state index in [4.69, 9.17) is 11.2 Å². The molecule has 4 nitrogen and oxygen atoms in total. The average Bonchev–Trinajstić information content (AvgIpc) is 2.60. The van der Waals surface area contributed by atoms with Gasteiger partial charge in [-0.15, -0.1) is 6.42 Å². The van der Waals surface area contributed by atoms with Gasteiger partial charge in [-0.05, 0) is 17.0 Å². The van der Waals surface area contributed by atoms with Gasteiger partial charge < -0.3 is 10.1 Å². The molecule has 1 atom stereocenters. The molecule has 1 N–H and O–H groups in total. The van der Waals surface area contributed by atoms with E-state index in [1.165, 1.54) is 0 Å². The fraction of sp³-hybridized carbons (Fsp3) is 0.158. The summed E-state index contributed by atoms with van der Waals surface area (Å²) in [5.41, 5.74) is 1.79. The highest BCUT2D eigenvalue weighted by molar-refractivity contribution is 5.95. The second-order valence-corrected chi connectivity index (χ2v) is 4.95. The predicted octanol–water partition coefficient (Wildman–Crippen LogP) is 2.09. The molecule has 2 aromatic rings. The van der Waals surface area contributed by atoms with Gasteiger partial charge in [0.15, 0.2) is 0 Å². The summed E-state index contributed by atoms with van der Waals surface area (Å²) in [5.74, 6) is 0.803. The Labute approximate surface area is 135 Å². The van der Waals surface area contributed by atoms with Crippen molar-refractivity contribution < 1.29 is 14.3 Å². The van der Waals surface area contributed by atoms with Crippen molar-refractivity contribution in [2.24, 2.45) is 0 Å². The lowest BCUT2D eigenvalue weighted by Gasteiger charge is -2.16. The van der Waals surface area contributed by atoms with Crippen molar-refractivity contribution in [2.75, 3.05) is 0 Å². The van der Waals surface area contributed by atoms with Crippen LogP contribution >= 0.6 is 0 Å². The highest BCUT2D eigenvalue weighted by atomic mass is 16.5. The van der Waals surface area contributed by atoms with Crippen molar-refractivity contribution in [1.29, 1.82) is 0 Å². The number of hydrogen-bond donors (Lipinski definition) is 1. The summed E-state index contributed by atoms with van der Waals surface area (Å²) in [6.45, 7) is 0.150. The maximum atomic E-state index is 12.3. The Morgan fingerprint density at radius 2 is 1.57 bits per heavy atom. The highest BCUT2D eigenvalue weighted by Crippen LogP contribution is 2.07. The fourth-order valence-corrected chi connectivity index (χ4v) is 2.07. The molecule has 0 aromatic heterocycles. The second-order valence-electron chi connectivity index (χ2n) is 4.95. The van der Waals surface area contributed by atoms with Crippen molar-refractivity contribution in [2.45, 2.75) is 19.1 Å². The number of benzene rings is 2. The van der Waals surface area contributed by atoms with E-state index in [0.717, 1.165) is 11.1 Å². The van der Waals surface area contributed by atoms with Crippen LogP contribution in [0.25, 0.3) is 0 Å². The zero-order valence-electron chi connectivity index (χ0n) is 12.6. The van der Waals surface area contributed by atoms with E-state index in [-0.39, 0.29) is 6.61 Å². The third kappa shape index (κ3) is 5.33. The van der Waals surface area contributed by atoms with E-state index in [1.54, 1.807) is 0 Å². The van der Waals surface area contributed by atoms with Gasteiger partial charge in [0.25, 0.3) is 5.91 Å². The van der Waals surface area contributed by atoms with E-state index in [9.17, 15) is 9.59 Å². The lowest BCUT2D eigenvalue weighted by atomic mass is 10.1. The summed E-state index contributed by atoms with van der Waals surface area (Å²) < 4.78 is 5.29. The van der Waals surface area contributed by atoms with Crippen LogP contribution in [0.1, 0.15) is 11.1 Å². The SMILES string of the molecule is C#CC(=O)NC(Cc1ccccc1)C(=O)OCc1ccccc1. The van der Waals surface area contributed by atoms with Crippen molar-refractivity contribution in [1.82, 2.24) is 5.32 Å². The van der Waals surface area contributed by atoms with Crippen LogP contribution in [0, 0.1) is 12.3 Å². The van der Waals surface area contributed by atoms with Crippen LogP contribution in [0.15, 0.2) is 60.7 Å². The van der Waals surface area contributed by atoms with Gasteiger partial charge in [-0.1, -0.05) is 60.7 Å². The van der Waals surface area contributed by atoms with Gasteiger partial charge in [-0.2, -0.15) is 0 Å². The molecule has 0 fully saturated rings. The van der Waals surface area contributed by atoms with Gasteiger partial charge in [-0.25, -0.2) is 4.79 Å². The number of carbonyl (C=O) groups is 2. The highest BCUT2D eigenvalue weighted by Gasteiger charge is 2.22. The maximum absolute atomic E-state index is 12.3. The molecule has 0 radical (unpaired) electrons. The Morgan fingerprint density at radius 1 is 1.00 bits per heavy atom. The molecule has 0 saturated heterocycles. The predicted molar refractivity (Wildman–Crippen MR) is 87.1 cm³/mol. The van der Waals surface area contributed by atoms with Gasteiger partial charge in [0.2, 0.25) is 0 Å². The first-order valence-electron chi connectivity index (χ1n) is 7.20. The van der Waals surface area contributed by atoms with Gasteiger partial charge in [-0.3, -0.25) is 4.79 Å². The zero-order valence-corrected chi connectivity index (χ0v) is 12.6. The Balaban J connectivity index is 2.02. The minimum atomic E-state index is -0.815. The first-order chi connectivity index (χ1) is 11.2. The van der Waals surface area contributed by atoms with E-state index in [0.29, 0.717) is 6.42 Å². The molecule has 4 heteroatoms. The van der Waals surface area contributed by atoms with E-state index < -0.39 is 17.9 Å². The van der Waals surface area contributed by atoms with E-state index >= 15 is 0 Å². The molecular formula is C19H17NO3. The molecule has 2 aromatic carbocycles. The summed E-state index contributed by atoms with van der Waals surface area (Å²) in [7, 11) is 0. The van der Waals surface area contributed by atoms with Crippen molar-refractivity contribution in [3.63, 3.8) is 0 Å². The van der Waals surface area contributed by atoms with Crippen molar-refractivity contribution in [3.8, 4) is 12.3 Å². The topological polar surface area (TPSA) is 55.4 Å². The number of terminal acetylenes is 1. The largest absolute Gasteiger partial charge is 0.459 e. The molecule has 0 bridgehead atoms. The summed E-state index contributed by atoms with van der Waals surface area (Å²) in [6, 6.07) is 17.9. The average molecular weight is 307 g/mol. The van der Waals surface area contributed by atoms with E-state index in [2.05, 4.69) is 5.32 Å². The van der Waals surface area contributed by atoms with Gasteiger partial charge >= 0.3 is 5.97 Å². The number of ether oxygens (including phenoxy) is 1. The number of rotatable bonds is 6. The molecule has 116 valence electrons. The molecule has 0 saturated carbocycles. The van der Waals surface area contributed by atoms with Crippen LogP contribution in [0.4, 0.5) is 0 Å². The minimum Gasteiger partial charge on any atom is -0.459 e. The standard InChI is InChI=1S/C19H17NO3/c1-2-18(21)20-17(13-15-9-5-3-6-10-15)19(22)23-14-16-11-7-4-8-12-16/h1,3-12,17H,13-14H2,(H,20,21). The molecule has 0 aliphatic heterocycles. The summed E-state index contributed by atoms with van der Waals surface area (Å²) in [4.78, 5) is 23.7. The first kappa shape index (κ1) is 16.3. The molecule has 1 amide bonds. The Kier molecular flexibility index (Phi) is 5.96. The fourth-order valence-electron chi connectivity index (χ4n) is 2.07. The third-order valence-corrected chi connectivity index (χ3v) is 3.23. The molecule has 0 aliphatic rings. The lowest BCUT2D eigenvalue weighted by Crippen LogP contribution is -2.42. The summed E-state index contributed by atoms with van der Waals surface area (Å²) in [5, 5.41) is 2.50. The molecule has 0 heterocycles.